The van der Waals surface area contributed by atoms with E-state index in [-0.39, 0.29) is 6.04 Å². The molecular weight excluding hydrogens is 248 g/mol. The summed E-state index contributed by atoms with van der Waals surface area (Å²) >= 11 is 0. The number of benzene rings is 1. The predicted octanol–water partition coefficient (Wildman–Crippen LogP) is 2.54. The molecule has 1 aromatic carbocycles. The Morgan fingerprint density at radius 2 is 1.78 bits per heavy atom. The van der Waals surface area contributed by atoms with Gasteiger partial charge in [-0.1, -0.05) is 26.0 Å². The van der Waals surface area contributed by atoms with Crippen LogP contribution < -0.4 is 5.32 Å². The summed E-state index contributed by atoms with van der Waals surface area (Å²) < 4.78 is 26.6. The zero-order valence-electron chi connectivity index (χ0n) is 11.5. The zero-order chi connectivity index (χ0) is 13.8. The highest BCUT2D eigenvalue weighted by molar-refractivity contribution is 7.89. The van der Waals surface area contributed by atoms with Gasteiger partial charge in [-0.05, 0) is 25.0 Å². The van der Waals surface area contributed by atoms with Crippen LogP contribution in [0, 0.1) is 0 Å². The molecule has 0 radical (unpaired) electrons. The van der Waals surface area contributed by atoms with Crippen molar-refractivity contribution in [2.75, 3.05) is 19.4 Å². The molecule has 1 N–H and O–H groups in total. The van der Waals surface area contributed by atoms with Gasteiger partial charge in [0, 0.05) is 20.1 Å². The second kappa shape index (κ2) is 6.20. The van der Waals surface area contributed by atoms with E-state index in [1.165, 1.54) is 4.31 Å². The van der Waals surface area contributed by atoms with Crippen LogP contribution in [0.3, 0.4) is 0 Å². The smallest absolute Gasteiger partial charge is 0.245 e. The van der Waals surface area contributed by atoms with Gasteiger partial charge in [-0.25, -0.2) is 8.42 Å². The average molecular weight is 270 g/mol. The van der Waals surface area contributed by atoms with Crippen LogP contribution in [0.4, 0.5) is 5.69 Å². The summed E-state index contributed by atoms with van der Waals surface area (Å²) in [6, 6.07) is 7.02. The molecule has 1 aromatic rings. The van der Waals surface area contributed by atoms with E-state index in [4.69, 9.17) is 0 Å². The van der Waals surface area contributed by atoms with Crippen LogP contribution in [0.1, 0.15) is 26.7 Å². The highest BCUT2D eigenvalue weighted by Crippen LogP contribution is 2.25. The average Bonchev–Trinajstić information content (AvgIpc) is 2.39. The molecule has 0 atom stereocenters. The minimum atomic E-state index is -3.43. The van der Waals surface area contributed by atoms with Gasteiger partial charge in [-0.2, -0.15) is 4.31 Å². The molecule has 0 aliphatic carbocycles. The van der Waals surface area contributed by atoms with Crippen LogP contribution in [0.15, 0.2) is 29.2 Å². The summed E-state index contributed by atoms with van der Waals surface area (Å²) in [5, 5.41) is 2.93. The Morgan fingerprint density at radius 3 is 2.28 bits per heavy atom. The first-order valence-corrected chi connectivity index (χ1v) is 7.67. The number of anilines is 1. The Balaban J connectivity index is 3.21. The lowest BCUT2D eigenvalue weighted by molar-refractivity contribution is 0.350. The molecule has 0 unspecified atom stereocenters. The van der Waals surface area contributed by atoms with Crippen molar-refractivity contribution >= 4 is 15.7 Å². The third-order valence-electron chi connectivity index (χ3n) is 3.27. The monoisotopic (exact) mass is 270 g/mol. The maximum atomic E-state index is 12.6. The summed E-state index contributed by atoms with van der Waals surface area (Å²) in [5.41, 5.74) is 0.635. The second-order valence-electron chi connectivity index (χ2n) is 4.24. The topological polar surface area (TPSA) is 49.4 Å². The van der Waals surface area contributed by atoms with Crippen LogP contribution in [0.25, 0.3) is 0 Å². The van der Waals surface area contributed by atoms with Crippen molar-refractivity contribution in [2.24, 2.45) is 0 Å². The third kappa shape index (κ3) is 2.84. The van der Waals surface area contributed by atoms with Crippen LogP contribution >= 0.6 is 0 Å². The summed E-state index contributed by atoms with van der Waals surface area (Å²) in [6.45, 7) is 4.01. The molecule has 0 aliphatic rings. The number of rotatable bonds is 6. The Bertz CT molecular complexity index is 482. The van der Waals surface area contributed by atoms with E-state index in [9.17, 15) is 8.42 Å². The fraction of sp³-hybridized carbons (Fsp3) is 0.538. The summed E-state index contributed by atoms with van der Waals surface area (Å²) in [7, 11) is -0.0545. The SMILES string of the molecule is CCC(CC)N(C)S(=O)(=O)c1ccccc1NC. The van der Waals surface area contributed by atoms with E-state index >= 15 is 0 Å². The molecule has 0 saturated carbocycles. The number of nitrogens with one attached hydrogen (secondary N) is 1. The van der Waals surface area contributed by atoms with E-state index < -0.39 is 10.0 Å². The molecule has 0 amide bonds. The van der Waals surface area contributed by atoms with E-state index in [2.05, 4.69) is 5.32 Å². The van der Waals surface area contributed by atoms with Gasteiger partial charge < -0.3 is 5.32 Å². The zero-order valence-corrected chi connectivity index (χ0v) is 12.3. The van der Waals surface area contributed by atoms with Crippen LogP contribution in [0.5, 0.6) is 0 Å². The molecule has 0 aromatic heterocycles. The highest BCUT2D eigenvalue weighted by Gasteiger charge is 2.27. The summed E-state index contributed by atoms with van der Waals surface area (Å²) in [4.78, 5) is 0.335. The first-order valence-electron chi connectivity index (χ1n) is 6.23. The van der Waals surface area contributed by atoms with Gasteiger partial charge in [0.25, 0.3) is 0 Å². The van der Waals surface area contributed by atoms with Gasteiger partial charge in [-0.3, -0.25) is 0 Å². The number of sulfonamides is 1. The summed E-state index contributed by atoms with van der Waals surface area (Å²) in [5.74, 6) is 0. The minimum absolute atomic E-state index is 0.0416. The van der Waals surface area contributed by atoms with Crippen molar-refractivity contribution in [3.8, 4) is 0 Å². The quantitative estimate of drug-likeness (QED) is 0.864. The molecule has 102 valence electrons. The van der Waals surface area contributed by atoms with E-state index in [1.54, 1.807) is 32.3 Å². The molecule has 5 heteroatoms. The Hall–Kier alpha value is -1.07. The van der Waals surface area contributed by atoms with Gasteiger partial charge in [0.1, 0.15) is 4.90 Å². The summed E-state index contributed by atoms with van der Waals surface area (Å²) in [6.07, 6.45) is 1.63. The lowest BCUT2D eigenvalue weighted by Crippen LogP contribution is -2.36. The molecule has 0 fully saturated rings. The van der Waals surface area contributed by atoms with E-state index in [1.807, 2.05) is 19.9 Å². The number of nitrogens with zero attached hydrogens (tertiary/aromatic N) is 1. The van der Waals surface area contributed by atoms with Gasteiger partial charge in [-0.15, -0.1) is 0 Å². The fourth-order valence-electron chi connectivity index (χ4n) is 2.05. The maximum Gasteiger partial charge on any atom is 0.245 e. The van der Waals surface area contributed by atoms with Crippen molar-refractivity contribution in [3.63, 3.8) is 0 Å². The Labute approximate surface area is 110 Å². The molecule has 0 spiro atoms. The molecule has 4 nitrogen and oxygen atoms in total. The van der Waals surface area contributed by atoms with Crippen LogP contribution in [0.2, 0.25) is 0 Å². The number of para-hydroxylation sites is 1. The van der Waals surface area contributed by atoms with Crippen molar-refractivity contribution in [1.29, 1.82) is 0 Å². The third-order valence-corrected chi connectivity index (χ3v) is 5.24. The first kappa shape index (κ1) is 15.0. The standard InChI is InChI=1S/C13H22N2O2S/c1-5-11(6-2)15(4)18(16,17)13-10-8-7-9-12(13)14-3/h7-11,14H,5-6H2,1-4H3. The Kier molecular flexibility index (Phi) is 5.16. The number of hydrogen-bond donors (Lipinski definition) is 1. The van der Waals surface area contributed by atoms with E-state index in [0.29, 0.717) is 10.6 Å². The van der Waals surface area contributed by atoms with Gasteiger partial charge in [0.2, 0.25) is 10.0 Å². The normalized spacial score (nSPS) is 12.1. The molecular formula is C13H22N2O2S. The van der Waals surface area contributed by atoms with Crippen LogP contribution in [-0.4, -0.2) is 32.9 Å². The van der Waals surface area contributed by atoms with Gasteiger partial charge >= 0.3 is 0 Å². The lowest BCUT2D eigenvalue weighted by Gasteiger charge is -2.26. The van der Waals surface area contributed by atoms with Gasteiger partial charge in [0.15, 0.2) is 0 Å². The minimum Gasteiger partial charge on any atom is -0.387 e. The lowest BCUT2D eigenvalue weighted by atomic mass is 10.2. The number of hydrogen-bond acceptors (Lipinski definition) is 3. The fourth-order valence-corrected chi connectivity index (χ4v) is 3.75. The largest absolute Gasteiger partial charge is 0.387 e. The maximum absolute atomic E-state index is 12.6. The first-order chi connectivity index (χ1) is 8.48. The molecule has 1 rings (SSSR count). The molecule has 18 heavy (non-hydrogen) atoms. The molecule has 0 aliphatic heterocycles. The van der Waals surface area contributed by atoms with E-state index in [0.717, 1.165) is 12.8 Å². The van der Waals surface area contributed by atoms with Crippen molar-refractivity contribution in [1.82, 2.24) is 4.31 Å². The molecule has 0 saturated heterocycles. The van der Waals surface area contributed by atoms with Crippen molar-refractivity contribution < 1.29 is 8.42 Å². The molecule has 0 heterocycles. The predicted molar refractivity (Wildman–Crippen MR) is 75.3 cm³/mol. The molecule has 0 bridgehead atoms. The van der Waals surface area contributed by atoms with Crippen molar-refractivity contribution in [2.45, 2.75) is 37.6 Å². The highest BCUT2D eigenvalue weighted by atomic mass is 32.2. The second-order valence-corrected chi connectivity index (χ2v) is 6.20. The van der Waals surface area contributed by atoms with Crippen molar-refractivity contribution in [3.05, 3.63) is 24.3 Å². The van der Waals surface area contributed by atoms with Gasteiger partial charge in [0.05, 0.1) is 5.69 Å². The van der Waals surface area contributed by atoms with Crippen LogP contribution in [-0.2, 0) is 10.0 Å². The Morgan fingerprint density at radius 1 is 1.22 bits per heavy atom.